The van der Waals surface area contributed by atoms with E-state index >= 15 is 0 Å². The van der Waals surface area contributed by atoms with Crippen LogP contribution in [0, 0.1) is 11.6 Å². The molecule has 0 radical (unpaired) electrons. The topological polar surface area (TPSA) is 24.9 Å². The van der Waals surface area contributed by atoms with E-state index < -0.39 is 11.6 Å². The molecule has 1 heterocycles. The van der Waals surface area contributed by atoms with E-state index in [-0.39, 0.29) is 0 Å². The molecule has 5 heteroatoms. The lowest BCUT2D eigenvalue weighted by Gasteiger charge is -2.00. The van der Waals surface area contributed by atoms with E-state index in [1.165, 1.54) is 35.5 Å². The number of hydrogen-bond acceptors (Lipinski definition) is 3. The van der Waals surface area contributed by atoms with Gasteiger partial charge in [0.2, 0.25) is 0 Å². The molecule has 1 N–H and O–H groups in total. The van der Waals surface area contributed by atoms with E-state index in [0.717, 1.165) is 24.2 Å². The summed E-state index contributed by atoms with van der Waals surface area (Å²) >= 11 is 1.64. The summed E-state index contributed by atoms with van der Waals surface area (Å²) in [6, 6.07) is 3.74. The molecule has 0 aliphatic heterocycles. The maximum absolute atomic E-state index is 13.7. The zero-order valence-electron chi connectivity index (χ0n) is 12.0. The minimum atomic E-state index is -0.540. The highest BCUT2D eigenvalue weighted by Crippen LogP contribution is 2.42. The van der Waals surface area contributed by atoms with Gasteiger partial charge in [-0.2, -0.15) is 0 Å². The fourth-order valence-corrected chi connectivity index (χ4v) is 3.51. The Balaban J connectivity index is 1.81. The van der Waals surface area contributed by atoms with Crippen LogP contribution in [0.15, 0.2) is 18.2 Å². The third-order valence-corrected chi connectivity index (χ3v) is 4.70. The molecule has 0 atom stereocenters. The lowest BCUT2D eigenvalue weighted by atomic mass is 10.1. The second-order valence-corrected chi connectivity index (χ2v) is 6.55. The van der Waals surface area contributed by atoms with Crippen LogP contribution in [-0.4, -0.2) is 11.5 Å². The molecule has 0 amide bonds. The molecule has 2 nitrogen and oxygen atoms in total. The first-order chi connectivity index (χ1) is 10.2. The van der Waals surface area contributed by atoms with Crippen molar-refractivity contribution < 1.29 is 8.78 Å². The molecule has 1 aliphatic carbocycles. The van der Waals surface area contributed by atoms with Crippen LogP contribution in [0.4, 0.5) is 8.78 Å². The summed E-state index contributed by atoms with van der Waals surface area (Å²) in [4.78, 5) is 5.96. The quantitative estimate of drug-likeness (QED) is 0.872. The number of aromatic nitrogens is 1. The molecule has 1 saturated carbocycles. The first-order valence-corrected chi connectivity index (χ1v) is 8.12. The first kappa shape index (κ1) is 14.6. The largest absolute Gasteiger partial charge is 0.312 e. The van der Waals surface area contributed by atoms with Crippen LogP contribution in [0.25, 0.3) is 0 Å². The van der Waals surface area contributed by atoms with Crippen molar-refractivity contribution in [1.82, 2.24) is 10.3 Å². The molecule has 1 aromatic carbocycles. The SMILES string of the molecule is CCNCc1sc(Cc2ccc(F)cc2F)nc1C1CC1. The van der Waals surface area contributed by atoms with Crippen molar-refractivity contribution in [3.63, 3.8) is 0 Å². The van der Waals surface area contributed by atoms with Gasteiger partial charge in [-0.1, -0.05) is 13.0 Å². The number of nitrogens with zero attached hydrogens (tertiary/aromatic N) is 1. The van der Waals surface area contributed by atoms with Gasteiger partial charge in [-0.15, -0.1) is 11.3 Å². The molecule has 1 aliphatic rings. The molecular formula is C16H18F2N2S. The lowest BCUT2D eigenvalue weighted by molar-refractivity contribution is 0.574. The summed E-state index contributed by atoms with van der Waals surface area (Å²) in [6.07, 6.45) is 2.84. The maximum Gasteiger partial charge on any atom is 0.129 e. The molecular weight excluding hydrogens is 290 g/mol. The van der Waals surface area contributed by atoms with Gasteiger partial charge in [0, 0.05) is 29.8 Å². The Kier molecular flexibility index (Phi) is 4.31. The standard InChI is InChI=1S/C16H18F2N2S/c1-2-19-9-14-16(10-3-4-10)20-15(21-14)7-11-5-6-12(17)8-13(11)18/h5-6,8,10,19H,2-4,7,9H2,1H3. The second-order valence-electron chi connectivity index (χ2n) is 5.38. The van der Waals surface area contributed by atoms with E-state index in [1.807, 2.05) is 0 Å². The van der Waals surface area contributed by atoms with Crippen molar-refractivity contribution in [2.24, 2.45) is 0 Å². The van der Waals surface area contributed by atoms with Gasteiger partial charge < -0.3 is 5.32 Å². The Bertz CT molecular complexity index is 635. The molecule has 0 spiro atoms. The molecule has 2 aromatic rings. The summed E-state index contributed by atoms with van der Waals surface area (Å²) in [5.41, 5.74) is 1.68. The van der Waals surface area contributed by atoms with E-state index in [2.05, 4.69) is 12.2 Å². The van der Waals surface area contributed by atoms with Gasteiger partial charge in [-0.05, 0) is 31.0 Å². The average molecular weight is 308 g/mol. The van der Waals surface area contributed by atoms with Crippen LogP contribution in [0.5, 0.6) is 0 Å². The molecule has 21 heavy (non-hydrogen) atoms. The van der Waals surface area contributed by atoms with Crippen molar-refractivity contribution in [1.29, 1.82) is 0 Å². The highest BCUT2D eigenvalue weighted by molar-refractivity contribution is 7.11. The normalized spacial score (nSPS) is 14.6. The number of nitrogens with one attached hydrogen (secondary N) is 1. The van der Waals surface area contributed by atoms with Crippen LogP contribution >= 0.6 is 11.3 Å². The second kappa shape index (κ2) is 6.20. The maximum atomic E-state index is 13.7. The summed E-state index contributed by atoms with van der Waals surface area (Å²) in [5, 5.41) is 4.24. The Hall–Kier alpha value is -1.33. The predicted octanol–water partition coefficient (Wildman–Crippen LogP) is 4.00. The number of halogens is 2. The van der Waals surface area contributed by atoms with Crippen LogP contribution in [0.3, 0.4) is 0 Å². The van der Waals surface area contributed by atoms with Crippen LogP contribution < -0.4 is 5.32 Å². The Morgan fingerprint density at radius 1 is 1.33 bits per heavy atom. The summed E-state index contributed by atoms with van der Waals surface area (Å²) in [7, 11) is 0. The molecule has 0 bridgehead atoms. The van der Waals surface area contributed by atoms with E-state index in [1.54, 1.807) is 11.3 Å². The summed E-state index contributed by atoms with van der Waals surface area (Å²) in [5.74, 6) is -0.449. The third-order valence-electron chi connectivity index (χ3n) is 3.63. The van der Waals surface area contributed by atoms with Crippen molar-refractivity contribution in [2.75, 3.05) is 6.54 Å². The van der Waals surface area contributed by atoms with Crippen molar-refractivity contribution in [3.8, 4) is 0 Å². The summed E-state index contributed by atoms with van der Waals surface area (Å²) in [6.45, 7) is 3.82. The van der Waals surface area contributed by atoms with Gasteiger partial charge in [0.1, 0.15) is 11.6 Å². The Labute approximate surface area is 127 Å². The first-order valence-electron chi connectivity index (χ1n) is 7.30. The van der Waals surface area contributed by atoms with Gasteiger partial charge >= 0.3 is 0 Å². The van der Waals surface area contributed by atoms with Gasteiger partial charge in [-0.25, -0.2) is 13.8 Å². The van der Waals surface area contributed by atoms with Gasteiger partial charge in [0.15, 0.2) is 0 Å². The minimum absolute atomic E-state index is 0.433. The third kappa shape index (κ3) is 3.47. The van der Waals surface area contributed by atoms with Crippen LogP contribution in [0.2, 0.25) is 0 Å². The monoisotopic (exact) mass is 308 g/mol. The van der Waals surface area contributed by atoms with Crippen LogP contribution in [0.1, 0.15) is 46.8 Å². The fraction of sp³-hybridized carbons (Fsp3) is 0.438. The molecule has 112 valence electrons. The Morgan fingerprint density at radius 3 is 2.81 bits per heavy atom. The van der Waals surface area contributed by atoms with Crippen molar-refractivity contribution in [2.45, 2.75) is 38.6 Å². The molecule has 0 unspecified atom stereocenters. The molecule has 1 aromatic heterocycles. The highest BCUT2D eigenvalue weighted by atomic mass is 32.1. The number of hydrogen-bond donors (Lipinski definition) is 1. The number of rotatable bonds is 6. The Morgan fingerprint density at radius 2 is 2.14 bits per heavy atom. The van der Waals surface area contributed by atoms with Gasteiger partial charge in [0.25, 0.3) is 0 Å². The number of thiazole rings is 1. The molecule has 3 rings (SSSR count). The van der Waals surface area contributed by atoms with Gasteiger partial charge in [0.05, 0.1) is 10.7 Å². The molecule has 1 fully saturated rings. The zero-order chi connectivity index (χ0) is 14.8. The minimum Gasteiger partial charge on any atom is -0.312 e. The average Bonchev–Trinajstić information content (AvgIpc) is 3.22. The van der Waals surface area contributed by atoms with Crippen LogP contribution in [-0.2, 0) is 13.0 Å². The predicted molar refractivity (Wildman–Crippen MR) is 80.6 cm³/mol. The molecule has 0 saturated heterocycles. The van der Waals surface area contributed by atoms with Gasteiger partial charge in [-0.3, -0.25) is 0 Å². The summed E-state index contributed by atoms with van der Waals surface area (Å²) < 4.78 is 26.7. The van der Waals surface area contributed by atoms with E-state index in [4.69, 9.17) is 4.98 Å². The highest BCUT2D eigenvalue weighted by Gasteiger charge is 2.29. The fourth-order valence-electron chi connectivity index (χ4n) is 2.36. The number of benzene rings is 1. The van der Waals surface area contributed by atoms with E-state index in [9.17, 15) is 8.78 Å². The zero-order valence-corrected chi connectivity index (χ0v) is 12.8. The van der Waals surface area contributed by atoms with Crippen molar-refractivity contribution in [3.05, 3.63) is 51.0 Å². The van der Waals surface area contributed by atoms with Crippen molar-refractivity contribution >= 4 is 11.3 Å². The smallest absolute Gasteiger partial charge is 0.129 e. The van der Waals surface area contributed by atoms with E-state index in [0.29, 0.717) is 17.9 Å². The lowest BCUT2D eigenvalue weighted by Crippen LogP contribution is -2.11.